The molecule has 0 spiro atoms. The van der Waals surface area contributed by atoms with E-state index in [1.807, 2.05) is 0 Å². The standard InChI is InChI=1S/C63H59N3/c1-10-61(5,6)47-23-35-60-56(38-47)55-36-45(46-20-32-53-54-33-22-48(62(7,8)11-2)39-58(54)63(9,40-64)57(53)37-46)21-34-59(55)66(60)52-30-18-44(19-31-52)43-16-28-51(29-17-43)65(49-24-12-41(3)13-25-49)50-26-14-42(4)15-27-50/h12-39H,10-11H2,1-9H3. The smallest absolute Gasteiger partial charge is 0.106 e. The van der Waals surface area contributed by atoms with Gasteiger partial charge in [-0.1, -0.05) is 144 Å². The fourth-order valence-electron chi connectivity index (χ4n) is 10.0. The van der Waals surface area contributed by atoms with Gasteiger partial charge in [-0.3, -0.25) is 0 Å². The molecule has 3 nitrogen and oxygen atoms in total. The number of fused-ring (bicyclic) bond motifs is 6. The van der Waals surface area contributed by atoms with Crippen LogP contribution in [0.1, 0.15) is 94.7 Å². The number of aromatic nitrogens is 1. The highest BCUT2D eigenvalue weighted by Gasteiger charge is 2.41. The third-order valence-electron chi connectivity index (χ3n) is 15.2. The highest BCUT2D eigenvalue weighted by atomic mass is 15.1. The minimum atomic E-state index is -0.737. The van der Waals surface area contributed by atoms with Gasteiger partial charge < -0.3 is 9.47 Å². The van der Waals surface area contributed by atoms with Crippen LogP contribution < -0.4 is 4.90 Å². The van der Waals surface area contributed by atoms with E-state index in [9.17, 15) is 5.26 Å². The first-order valence-corrected chi connectivity index (χ1v) is 23.7. The van der Waals surface area contributed by atoms with Crippen LogP contribution in [0.5, 0.6) is 0 Å². The first-order chi connectivity index (χ1) is 31.7. The number of benzene rings is 8. The maximum atomic E-state index is 10.9. The fraction of sp³-hybridized carbons (Fsp3) is 0.222. The summed E-state index contributed by atoms with van der Waals surface area (Å²) >= 11 is 0. The van der Waals surface area contributed by atoms with Crippen LogP contribution in [0.3, 0.4) is 0 Å². The third kappa shape index (κ3) is 7.12. The Morgan fingerprint density at radius 3 is 1.44 bits per heavy atom. The van der Waals surface area contributed by atoms with Crippen LogP contribution in [-0.4, -0.2) is 4.57 Å². The normalized spacial score (nSPS) is 14.6. The summed E-state index contributed by atoms with van der Waals surface area (Å²) in [5, 5.41) is 13.3. The van der Waals surface area contributed by atoms with Crippen molar-refractivity contribution in [2.75, 3.05) is 4.90 Å². The number of aryl methyl sites for hydroxylation is 2. The second-order valence-electron chi connectivity index (χ2n) is 20.1. The van der Waals surface area contributed by atoms with Gasteiger partial charge in [0.25, 0.3) is 0 Å². The predicted octanol–water partition coefficient (Wildman–Crippen LogP) is 17.4. The van der Waals surface area contributed by atoms with Crippen LogP contribution >= 0.6 is 0 Å². The molecule has 0 radical (unpaired) electrons. The van der Waals surface area contributed by atoms with E-state index in [2.05, 4.69) is 248 Å². The summed E-state index contributed by atoms with van der Waals surface area (Å²) in [5.74, 6) is 0. The maximum absolute atomic E-state index is 10.9. The summed E-state index contributed by atoms with van der Waals surface area (Å²) in [6.07, 6.45) is 2.08. The lowest BCUT2D eigenvalue weighted by Gasteiger charge is -2.26. The summed E-state index contributed by atoms with van der Waals surface area (Å²) in [6, 6.07) is 65.8. The molecular weight excluding hydrogens is 799 g/mol. The Hall–Kier alpha value is -7.15. The molecule has 66 heavy (non-hydrogen) atoms. The molecule has 0 fully saturated rings. The van der Waals surface area contributed by atoms with E-state index in [0.29, 0.717) is 0 Å². The van der Waals surface area contributed by atoms with Crippen LogP contribution in [0.15, 0.2) is 170 Å². The number of nitrogens with zero attached hydrogens (tertiary/aromatic N) is 3. The molecule has 1 aliphatic rings. The zero-order valence-electron chi connectivity index (χ0n) is 39.9. The Balaban J connectivity index is 1.03. The Kier molecular flexibility index (Phi) is 10.4. The van der Waals surface area contributed by atoms with E-state index in [-0.39, 0.29) is 10.8 Å². The van der Waals surface area contributed by atoms with Crippen LogP contribution in [0.2, 0.25) is 0 Å². The topological polar surface area (TPSA) is 32.0 Å². The number of nitriles is 1. The van der Waals surface area contributed by atoms with E-state index in [4.69, 9.17) is 0 Å². The Morgan fingerprint density at radius 1 is 0.485 bits per heavy atom. The number of hydrogen-bond acceptors (Lipinski definition) is 2. The van der Waals surface area contributed by atoms with Crippen LogP contribution in [-0.2, 0) is 16.2 Å². The minimum Gasteiger partial charge on any atom is -0.311 e. The summed E-state index contributed by atoms with van der Waals surface area (Å²) in [5.41, 5.74) is 20.5. The molecule has 3 heteroatoms. The van der Waals surface area contributed by atoms with Crippen molar-refractivity contribution in [3.63, 3.8) is 0 Å². The molecule has 10 rings (SSSR count). The van der Waals surface area contributed by atoms with Crippen molar-refractivity contribution in [1.29, 1.82) is 5.26 Å². The summed E-state index contributed by atoms with van der Waals surface area (Å²) < 4.78 is 2.42. The zero-order chi connectivity index (χ0) is 46.1. The van der Waals surface area contributed by atoms with Gasteiger partial charge >= 0.3 is 0 Å². The Labute approximate surface area is 391 Å². The monoisotopic (exact) mass is 857 g/mol. The Bertz CT molecular complexity index is 3290. The molecule has 0 saturated carbocycles. The molecular formula is C63H59N3. The summed E-state index contributed by atoms with van der Waals surface area (Å²) in [4.78, 5) is 2.32. The van der Waals surface area contributed by atoms with Gasteiger partial charge in [-0.15, -0.1) is 0 Å². The van der Waals surface area contributed by atoms with E-state index in [0.717, 1.165) is 63.4 Å². The molecule has 326 valence electrons. The molecule has 0 saturated heterocycles. The number of hydrogen-bond donors (Lipinski definition) is 0. The summed E-state index contributed by atoms with van der Waals surface area (Å²) in [6.45, 7) is 20.1. The fourth-order valence-corrected chi connectivity index (χ4v) is 10.0. The first kappa shape index (κ1) is 42.8. The van der Waals surface area contributed by atoms with Gasteiger partial charge in [0.1, 0.15) is 5.41 Å². The third-order valence-corrected chi connectivity index (χ3v) is 15.2. The highest BCUT2D eigenvalue weighted by molar-refractivity contribution is 6.11. The molecule has 1 aliphatic carbocycles. The van der Waals surface area contributed by atoms with Crippen molar-refractivity contribution in [3.8, 4) is 45.1 Å². The van der Waals surface area contributed by atoms with Crippen molar-refractivity contribution in [2.24, 2.45) is 0 Å². The van der Waals surface area contributed by atoms with Gasteiger partial charge in [0, 0.05) is 33.5 Å². The number of anilines is 3. The van der Waals surface area contributed by atoms with Crippen molar-refractivity contribution in [1.82, 2.24) is 4.57 Å². The lowest BCUT2D eigenvalue weighted by molar-refractivity contribution is 0.505. The van der Waals surface area contributed by atoms with Crippen LogP contribution in [0.25, 0.3) is 60.9 Å². The highest BCUT2D eigenvalue weighted by Crippen LogP contribution is 2.51. The molecule has 1 heterocycles. The van der Waals surface area contributed by atoms with Gasteiger partial charge in [0.15, 0.2) is 0 Å². The predicted molar refractivity (Wildman–Crippen MR) is 280 cm³/mol. The molecule has 1 unspecified atom stereocenters. The van der Waals surface area contributed by atoms with E-state index in [1.165, 1.54) is 60.8 Å². The van der Waals surface area contributed by atoms with E-state index < -0.39 is 5.41 Å². The zero-order valence-corrected chi connectivity index (χ0v) is 39.9. The van der Waals surface area contributed by atoms with Crippen molar-refractivity contribution >= 4 is 38.9 Å². The molecule has 1 aromatic heterocycles. The molecule has 0 N–H and O–H groups in total. The maximum Gasteiger partial charge on any atom is 0.106 e. The van der Waals surface area contributed by atoms with Gasteiger partial charge in [-0.25, -0.2) is 0 Å². The largest absolute Gasteiger partial charge is 0.311 e. The second kappa shape index (κ2) is 16.1. The molecule has 1 atom stereocenters. The van der Waals surface area contributed by atoms with Crippen LogP contribution in [0.4, 0.5) is 17.1 Å². The summed E-state index contributed by atoms with van der Waals surface area (Å²) in [7, 11) is 0. The van der Waals surface area contributed by atoms with Gasteiger partial charge in [0.05, 0.1) is 17.1 Å². The Morgan fingerprint density at radius 2 is 0.894 bits per heavy atom. The minimum absolute atomic E-state index is 0.0360. The average molecular weight is 858 g/mol. The van der Waals surface area contributed by atoms with Crippen LogP contribution in [0, 0.1) is 25.2 Å². The molecule has 0 bridgehead atoms. The molecule has 0 amide bonds. The van der Waals surface area contributed by atoms with E-state index in [1.54, 1.807) is 0 Å². The SMILES string of the molecule is CCC(C)(C)c1ccc2c(c1)C(C)(C#N)c1cc(-c3ccc4c(c3)c3cc(C(C)(C)CC)ccc3n4-c3ccc(-c4ccc(N(c5ccc(C)cc5)c5ccc(C)cc5)cc4)cc3)ccc1-2. The van der Waals surface area contributed by atoms with E-state index >= 15 is 0 Å². The number of rotatable bonds is 10. The average Bonchev–Trinajstić information content (AvgIpc) is 3.80. The second-order valence-corrected chi connectivity index (χ2v) is 20.1. The van der Waals surface area contributed by atoms with Crippen molar-refractivity contribution < 1.29 is 0 Å². The lowest BCUT2D eigenvalue weighted by Crippen LogP contribution is -2.20. The van der Waals surface area contributed by atoms with Gasteiger partial charge in [-0.05, 0) is 179 Å². The molecule has 9 aromatic rings. The van der Waals surface area contributed by atoms with Gasteiger partial charge in [0.2, 0.25) is 0 Å². The molecule has 8 aromatic carbocycles. The molecule has 0 aliphatic heterocycles. The van der Waals surface area contributed by atoms with Crippen molar-refractivity contribution in [3.05, 3.63) is 203 Å². The quantitative estimate of drug-likeness (QED) is 0.137. The lowest BCUT2D eigenvalue weighted by atomic mass is 9.77. The van der Waals surface area contributed by atoms with Crippen molar-refractivity contribution in [2.45, 2.75) is 91.4 Å². The van der Waals surface area contributed by atoms with Gasteiger partial charge in [-0.2, -0.15) is 5.26 Å². The first-order valence-electron chi connectivity index (χ1n) is 23.7.